The van der Waals surface area contributed by atoms with E-state index >= 15 is 0 Å². The average molecular weight is 318 g/mol. The van der Waals surface area contributed by atoms with Crippen LogP contribution in [0.15, 0.2) is 54.6 Å². The molecule has 1 heterocycles. The number of fused-ring (bicyclic) bond motifs is 1. The summed E-state index contributed by atoms with van der Waals surface area (Å²) >= 11 is 0. The Morgan fingerprint density at radius 1 is 1.04 bits per heavy atom. The maximum Gasteiger partial charge on any atom is 0.223 e. The smallest absolute Gasteiger partial charge is 0.223 e. The van der Waals surface area contributed by atoms with Crippen LogP contribution < -0.4 is 5.32 Å². The Hall–Kier alpha value is -2.55. The van der Waals surface area contributed by atoms with Gasteiger partial charge in [0.05, 0.1) is 0 Å². The van der Waals surface area contributed by atoms with Crippen molar-refractivity contribution in [1.29, 1.82) is 0 Å². The van der Waals surface area contributed by atoms with Crippen LogP contribution in [0.2, 0.25) is 0 Å². The van der Waals surface area contributed by atoms with Gasteiger partial charge in [0.2, 0.25) is 5.91 Å². The quantitative estimate of drug-likeness (QED) is 0.724. The Balaban J connectivity index is 1.59. The first-order valence-electron chi connectivity index (χ1n) is 8.75. The van der Waals surface area contributed by atoms with Crippen LogP contribution in [0, 0.1) is 5.92 Å². The van der Waals surface area contributed by atoms with Gasteiger partial charge in [0.15, 0.2) is 0 Å². The molecule has 1 fully saturated rings. The molecule has 1 aliphatic rings. The number of hydrogen-bond donors (Lipinski definition) is 2. The average Bonchev–Trinajstić information content (AvgIpc) is 2.93. The molecular formula is C21H22N2O. The second-order valence-electron chi connectivity index (χ2n) is 6.56. The third-order valence-corrected chi connectivity index (χ3v) is 5.03. The number of benzene rings is 2. The first kappa shape index (κ1) is 15.0. The molecule has 122 valence electrons. The van der Waals surface area contributed by atoms with Gasteiger partial charge in [0.1, 0.15) is 0 Å². The van der Waals surface area contributed by atoms with Crippen molar-refractivity contribution in [3.8, 4) is 11.3 Å². The largest absolute Gasteiger partial charge is 0.356 e. The number of aromatic nitrogens is 1. The number of aromatic amines is 1. The van der Waals surface area contributed by atoms with Crippen molar-refractivity contribution in [3.63, 3.8) is 0 Å². The van der Waals surface area contributed by atoms with Crippen molar-refractivity contribution in [2.24, 2.45) is 5.92 Å². The van der Waals surface area contributed by atoms with Gasteiger partial charge in [-0.15, -0.1) is 0 Å². The fourth-order valence-electron chi connectivity index (χ4n) is 3.44. The topological polar surface area (TPSA) is 44.9 Å². The number of carbonyl (C=O) groups excluding carboxylic acids is 1. The molecule has 0 atom stereocenters. The lowest BCUT2D eigenvalue weighted by Gasteiger charge is -2.24. The minimum atomic E-state index is 0.224. The lowest BCUT2D eigenvalue weighted by molar-refractivity contribution is -0.127. The molecule has 1 aliphatic carbocycles. The lowest BCUT2D eigenvalue weighted by atomic mass is 9.85. The minimum absolute atomic E-state index is 0.224. The van der Waals surface area contributed by atoms with Crippen LogP contribution in [0.25, 0.3) is 22.2 Å². The third kappa shape index (κ3) is 2.82. The third-order valence-electron chi connectivity index (χ3n) is 5.03. The summed E-state index contributed by atoms with van der Waals surface area (Å²) in [6.45, 7) is 0.691. The van der Waals surface area contributed by atoms with Gasteiger partial charge in [0, 0.05) is 29.1 Å². The van der Waals surface area contributed by atoms with E-state index in [0.717, 1.165) is 30.5 Å². The molecule has 4 rings (SSSR count). The van der Waals surface area contributed by atoms with Crippen LogP contribution in [0.1, 0.15) is 24.8 Å². The van der Waals surface area contributed by atoms with E-state index in [2.05, 4.69) is 58.8 Å². The molecule has 0 radical (unpaired) electrons. The van der Waals surface area contributed by atoms with Crippen LogP contribution in [-0.2, 0) is 11.2 Å². The molecule has 1 amide bonds. The number of carbonyl (C=O) groups is 1. The molecule has 24 heavy (non-hydrogen) atoms. The fraction of sp³-hybridized carbons (Fsp3) is 0.286. The van der Waals surface area contributed by atoms with Gasteiger partial charge in [-0.25, -0.2) is 0 Å². The molecule has 0 bridgehead atoms. The van der Waals surface area contributed by atoms with Crippen molar-refractivity contribution in [1.82, 2.24) is 10.3 Å². The number of rotatable bonds is 5. The summed E-state index contributed by atoms with van der Waals surface area (Å²) in [5, 5.41) is 4.36. The molecule has 3 aromatic rings. The number of para-hydroxylation sites is 1. The van der Waals surface area contributed by atoms with Crippen LogP contribution >= 0.6 is 0 Å². The minimum Gasteiger partial charge on any atom is -0.356 e. The highest BCUT2D eigenvalue weighted by atomic mass is 16.1. The van der Waals surface area contributed by atoms with E-state index in [4.69, 9.17) is 0 Å². The normalized spacial score (nSPS) is 14.5. The lowest BCUT2D eigenvalue weighted by Crippen LogP contribution is -2.35. The molecule has 2 aromatic carbocycles. The molecule has 0 aliphatic heterocycles. The monoisotopic (exact) mass is 318 g/mol. The molecule has 1 saturated carbocycles. The standard InChI is InChI=1S/C21H22N2O/c24-21(16-9-6-10-16)22-14-13-18-17-11-4-5-12-19(17)23-20(18)15-7-2-1-3-8-15/h1-5,7-8,11-12,16,23H,6,9-10,13-14H2,(H,22,24). The Kier molecular flexibility index (Phi) is 4.08. The second kappa shape index (κ2) is 6.52. The highest BCUT2D eigenvalue weighted by molar-refractivity contribution is 5.90. The zero-order valence-corrected chi connectivity index (χ0v) is 13.7. The molecule has 3 nitrogen and oxygen atoms in total. The summed E-state index contributed by atoms with van der Waals surface area (Å²) in [6.07, 6.45) is 4.13. The molecule has 3 heteroatoms. The van der Waals surface area contributed by atoms with Gasteiger partial charge in [-0.2, -0.15) is 0 Å². The fourth-order valence-corrected chi connectivity index (χ4v) is 3.44. The Morgan fingerprint density at radius 2 is 1.79 bits per heavy atom. The van der Waals surface area contributed by atoms with E-state index in [9.17, 15) is 4.79 Å². The summed E-state index contributed by atoms with van der Waals surface area (Å²) in [5.41, 5.74) is 4.78. The Labute approximate surface area is 142 Å². The van der Waals surface area contributed by atoms with Crippen molar-refractivity contribution < 1.29 is 4.79 Å². The number of H-pyrrole nitrogens is 1. The number of amides is 1. The summed E-state index contributed by atoms with van der Waals surface area (Å²) in [7, 11) is 0. The SMILES string of the molecule is O=C(NCCc1c(-c2ccccc2)[nH]c2ccccc12)C1CCC1. The van der Waals surface area contributed by atoms with Crippen molar-refractivity contribution in [3.05, 3.63) is 60.2 Å². The zero-order valence-electron chi connectivity index (χ0n) is 13.7. The summed E-state index contributed by atoms with van der Waals surface area (Å²) < 4.78 is 0. The predicted octanol–water partition coefficient (Wildman–Crippen LogP) is 4.29. The highest BCUT2D eigenvalue weighted by Gasteiger charge is 2.24. The second-order valence-corrected chi connectivity index (χ2v) is 6.56. The highest BCUT2D eigenvalue weighted by Crippen LogP contribution is 2.30. The summed E-state index contributed by atoms with van der Waals surface area (Å²) in [6, 6.07) is 18.8. The van der Waals surface area contributed by atoms with Gasteiger partial charge in [-0.05, 0) is 36.5 Å². The van der Waals surface area contributed by atoms with Crippen molar-refractivity contribution in [2.45, 2.75) is 25.7 Å². The molecule has 0 unspecified atom stereocenters. The molecule has 0 saturated heterocycles. The van der Waals surface area contributed by atoms with E-state index in [0.29, 0.717) is 6.54 Å². The summed E-state index contributed by atoms with van der Waals surface area (Å²) in [4.78, 5) is 15.6. The maximum atomic E-state index is 12.1. The van der Waals surface area contributed by atoms with E-state index in [1.165, 1.54) is 22.9 Å². The van der Waals surface area contributed by atoms with Gasteiger partial charge >= 0.3 is 0 Å². The van der Waals surface area contributed by atoms with Gasteiger partial charge in [-0.3, -0.25) is 4.79 Å². The maximum absolute atomic E-state index is 12.1. The van der Waals surface area contributed by atoms with Crippen molar-refractivity contribution >= 4 is 16.8 Å². The first-order chi connectivity index (χ1) is 11.8. The van der Waals surface area contributed by atoms with Gasteiger partial charge < -0.3 is 10.3 Å². The van der Waals surface area contributed by atoms with Crippen molar-refractivity contribution in [2.75, 3.05) is 6.54 Å². The van der Waals surface area contributed by atoms with Crippen LogP contribution in [0.3, 0.4) is 0 Å². The predicted molar refractivity (Wildman–Crippen MR) is 97.8 cm³/mol. The molecule has 0 spiro atoms. The zero-order chi connectivity index (χ0) is 16.4. The Morgan fingerprint density at radius 3 is 2.54 bits per heavy atom. The Bertz CT molecular complexity index is 847. The van der Waals surface area contributed by atoms with Crippen LogP contribution in [0.5, 0.6) is 0 Å². The van der Waals surface area contributed by atoms with E-state index in [1.807, 2.05) is 6.07 Å². The molecule has 1 aromatic heterocycles. The molecular weight excluding hydrogens is 296 g/mol. The molecule has 2 N–H and O–H groups in total. The van der Waals surface area contributed by atoms with E-state index < -0.39 is 0 Å². The van der Waals surface area contributed by atoms with Gasteiger partial charge in [0.25, 0.3) is 0 Å². The van der Waals surface area contributed by atoms with E-state index in [-0.39, 0.29) is 11.8 Å². The van der Waals surface area contributed by atoms with Crippen LogP contribution in [0.4, 0.5) is 0 Å². The van der Waals surface area contributed by atoms with E-state index in [1.54, 1.807) is 0 Å². The number of hydrogen-bond acceptors (Lipinski definition) is 1. The first-order valence-corrected chi connectivity index (χ1v) is 8.75. The van der Waals surface area contributed by atoms with Gasteiger partial charge in [-0.1, -0.05) is 55.0 Å². The number of nitrogens with one attached hydrogen (secondary N) is 2. The summed E-state index contributed by atoms with van der Waals surface area (Å²) in [5.74, 6) is 0.476. The van der Waals surface area contributed by atoms with Crippen LogP contribution in [-0.4, -0.2) is 17.4 Å².